The van der Waals surface area contributed by atoms with Gasteiger partial charge in [-0.3, -0.25) is 4.99 Å². The summed E-state index contributed by atoms with van der Waals surface area (Å²) in [7, 11) is 0. The van der Waals surface area contributed by atoms with Gasteiger partial charge in [0.1, 0.15) is 0 Å². The van der Waals surface area contributed by atoms with Crippen LogP contribution in [0.2, 0.25) is 0 Å². The predicted octanol–water partition coefficient (Wildman–Crippen LogP) is 3.64. The van der Waals surface area contributed by atoms with Gasteiger partial charge in [-0.25, -0.2) is 4.79 Å². The molecule has 3 rings (SSSR count). The second-order valence-corrected chi connectivity index (χ2v) is 6.06. The molecule has 0 amide bonds. The number of hydrogen-bond acceptors (Lipinski definition) is 4. The van der Waals surface area contributed by atoms with Crippen LogP contribution in [0.4, 0.5) is 0 Å². The summed E-state index contributed by atoms with van der Waals surface area (Å²) in [6, 6.07) is 19.9. The minimum Gasteiger partial charge on any atom is -0.464 e. The van der Waals surface area contributed by atoms with Gasteiger partial charge in [0.2, 0.25) is 0 Å². The molecule has 0 saturated carbocycles. The third-order valence-corrected chi connectivity index (χ3v) is 4.40. The molecule has 1 saturated heterocycles. The van der Waals surface area contributed by atoms with Gasteiger partial charge in [0.25, 0.3) is 0 Å². The molecule has 1 heterocycles. The maximum Gasteiger partial charge on any atom is 0.334 e. The zero-order valence-corrected chi connectivity index (χ0v) is 14.5. The molecule has 130 valence electrons. The van der Waals surface area contributed by atoms with Crippen molar-refractivity contribution in [3.8, 4) is 0 Å². The van der Waals surface area contributed by atoms with Crippen molar-refractivity contribution in [1.29, 1.82) is 0 Å². The van der Waals surface area contributed by atoms with Crippen LogP contribution in [0.5, 0.6) is 0 Å². The second kappa shape index (κ2) is 8.08. The Balaban J connectivity index is 2.10. The molecule has 0 bridgehead atoms. The standard InChI is InChI=1S/C21H23NO3/c1-2-25-20(23)21(13-15-24-16-14-21)22-19(17-9-5-3-6-10-17)18-11-7-4-8-12-18/h3-12H,2,13-16H2,1H3. The highest BCUT2D eigenvalue weighted by atomic mass is 16.5. The number of carbonyl (C=O) groups is 1. The van der Waals surface area contributed by atoms with E-state index in [9.17, 15) is 4.79 Å². The number of ether oxygens (including phenoxy) is 2. The fourth-order valence-corrected chi connectivity index (χ4v) is 3.04. The molecule has 0 radical (unpaired) electrons. The van der Waals surface area contributed by atoms with E-state index in [1.165, 1.54) is 0 Å². The van der Waals surface area contributed by atoms with E-state index in [1.807, 2.05) is 67.6 Å². The summed E-state index contributed by atoms with van der Waals surface area (Å²) in [4.78, 5) is 17.7. The Morgan fingerprint density at radius 3 is 2.00 bits per heavy atom. The maximum absolute atomic E-state index is 12.7. The zero-order valence-electron chi connectivity index (χ0n) is 14.5. The van der Waals surface area contributed by atoms with Crippen LogP contribution in [0.1, 0.15) is 30.9 Å². The quantitative estimate of drug-likeness (QED) is 0.618. The molecule has 1 fully saturated rings. The van der Waals surface area contributed by atoms with Crippen LogP contribution in [0.15, 0.2) is 65.7 Å². The first-order valence-electron chi connectivity index (χ1n) is 8.71. The SMILES string of the molecule is CCOC(=O)C1(N=C(c2ccccc2)c2ccccc2)CCOCC1. The fraction of sp³-hybridized carbons (Fsp3) is 0.333. The van der Waals surface area contributed by atoms with Gasteiger partial charge in [-0.1, -0.05) is 60.7 Å². The summed E-state index contributed by atoms with van der Waals surface area (Å²) >= 11 is 0. The summed E-state index contributed by atoms with van der Waals surface area (Å²) in [5, 5.41) is 0. The first kappa shape index (κ1) is 17.4. The van der Waals surface area contributed by atoms with Crippen LogP contribution in [-0.4, -0.2) is 37.0 Å². The molecule has 4 heteroatoms. The van der Waals surface area contributed by atoms with Gasteiger partial charge in [-0.2, -0.15) is 0 Å². The van der Waals surface area contributed by atoms with Crippen molar-refractivity contribution in [3.05, 3.63) is 71.8 Å². The molecule has 25 heavy (non-hydrogen) atoms. The van der Waals surface area contributed by atoms with E-state index in [0.717, 1.165) is 16.8 Å². The van der Waals surface area contributed by atoms with Crippen LogP contribution in [0.3, 0.4) is 0 Å². The molecule has 1 aliphatic heterocycles. The van der Waals surface area contributed by atoms with Crippen molar-refractivity contribution in [2.24, 2.45) is 4.99 Å². The smallest absolute Gasteiger partial charge is 0.334 e. The first-order chi connectivity index (χ1) is 12.2. The fourth-order valence-electron chi connectivity index (χ4n) is 3.04. The van der Waals surface area contributed by atoms with Gasteiger partial charge in [-0.15, -0.1) is 0 Å². The molecule has 2 aromatic carbocycles. The molecule has 0 spiro atoms. The Labute approximate surface area is 148 Å². The topological polar surface area (TPSA) is 47.9 Å². The lowest BCUT2D eigenvalue weighted by Gasteiger charge is -2.32. The molecule has 2 aromatic rings. The number of carbonyl (C=O) groups excluding carboxylic acids is 1. The summed E-state index contributed by atoms with van der Waals surface area (Å²) in [5.41, 5.74) is 1.92. The van der Waals surface area contributed by atoms with E-state index in [1.54, 1.807) is 0 Å². The minimum absolute atomic E-state index is 0.261. The lowest BCUT2D eigenvalue weighted by Crippen LogP contribution is -2.44. The van der Waals surface area contributed by atoms with Gasteiger partial charge in [0, 0.05) is 37.2 Å². The van der Waals surface area contributed by atoms with Crippen LogP contribution in [-0.2, 0) is 14.3 Å². The Bertz CT molecular complexity index is 678. The van der Waals surface area contributed by atoms with Gasteiger partial charge >= 0.3 is 5.97 Å². The van der Waals surface area contributed by atoms with Gasteiger partial charge in [-0.05, 0) is 6.92 Å². The lowest BCUT2D eigenvalue weighted by atomic mass is 9.89. The van der Waals surface area contributed by atoms with Crippen LogP contribution >= 0.6 is 0 Å². The Kier molecular flexibility index (Phi) is 5.61. The third-order valence-electron chi connectivity index (χ3n) is 4.40. The van der Waals surface area contributed by atoms with Crippen molar-refractivity contribution < 1.29 is 14.3 Å². The van der Waals surface area contributed by atoms with E-state index in [0.29, 0.717) is 32.7 Å². The minimum atomic E-state index is -0.880. The van der Waals surface area contributed by atoms with Gasteiger partial charge in [0.15, 0.2) is 5.54 Å². The summed E-state index contributed by atoms with van der Waals surface area (Å²) in [5.74, 6) is -0.261. The van der Waals surface area contributed by atoms with E-state index in [2.05, 4.69) is 0 Å². The number of benzene rings is 2. The van der Waals surface area contributed by atoms with Crippen molar-refractivity contribution >= 4 is 11.7 Å². The van der Waals surface area contributed by atoms with Crippen LogP contribution in [0.25, 0.3) is 0 Å². The average molecular weight is 337 g/mol. The molecule has 4 nitrogen and oxygen atoms in total. The number of esters is 1. The van der Waals surface area contributed by atoms with E-state index >= 15 is 0 Å². The number of nitrogens with zero attached hydrogens (tertiary/aromatic N) is 1. The molecule has 1 aliphatic rings. The van der Waals surface area contributed by atoms with Crippen LogP contribution in [0, 0.1) is 0 Å². The van der Waals surface area contributed by atoms with E-state index < -0.39 is 5.54 Å². The van der Waals surface area contributed by atoms with Crippen LogP contribution < -0.4 is 0 Å². The first-order valence-corrected chi connectivity index (χ1v) is 8.71. The van der Waals surface area contributed by atoms with Crippen molar-refractivity contribution in [1.82, 2.24) is 0 Å². The highest BCUT2D eigenvalue weighted by Crippen LogP contribution is 2.29. The monoisotopic (exact) mass is 337 g/mol. The summed E-state index contributed by atoms with van der Waals surface area (Å²) in [6.45, 7) is 3.20. The van der Waals surface area contributed by atoms with Gasteiger partial charge in [0.05, 0.1) is 12.3 Å². The molecular formula is C21H23NO3. The van der Waals surface area contributed by atoms with E-state index in [-0.39, 0.29) is 5.97 Å². The van der Waals surface area contributed by atoms with Crippen molar-refractivity contribution in [3.63, 3.8) is 0 Å². The van der Waals surface area contributed by atoms with Gasteiger partial charge < -0.3 is 9.47 Å². The highest BCUT2D eigenvalue weighted by Gasteiger charge is 2.42. The zero-order chi connectivity index (χ0) is 17.5. The number of aliphatic imine (C=N–C) groups is 1. The Hall–Kier alpha value is -2.46. The number of rotatable bonds is 5. The lowest BCUT2D eigenvalue weighted by molar-refractivity contribution is -0.153. The Morgan fingerprint density at radius 1 is 1.00 bits per heavy atom. The third kappa shape index (κ3) is 3.97. The Morgan fingerprint density at radius 2 is 1.52 bits per heavy atom. The molecule has 0 atom stereocenters. The molecule has 0 aliphatic carbocycles. The largest absolute Gasteiger partial charge is 0.464 e. The van der Waals surface area contributed by atoms with Crippen molar-refractivity contribution in [2.75, 3.05) is 19.8 Å². The molecular weight excluding hydrogens is 314 g/mol. The van der Waals surface area contributed by atoms with E-state index in [4.69, 9.17) is 14.5 Å². The predicted molar refractivity (Wildman–Crippen MR) is 97.9 cm³/mol. The molecule has 0 N–H and O–H groups in total. The van der Waals surface area contributed by atoms with Crippen molar-refractivity contribution in [2.45, 2.75) is 25.3 Å². The second-order valence-electron chi connectivity index (χ2n) is 6.06. The average Bonchev–Trinajstić information content (AvgIpc) is 2.68. The number of hydrogen-bond donors (Lipinski definition) is 0. The summed E-state index contributed by atoms with van der Waals surface area (Å²) in [6.07, 6.45) is 1.07. The normalized spacial score (nSPS) is 16.0. The highest BCUT2D eigenvalue weighted by molar-refractivity contribution is 6.13. The molecule has 0 unspecified atom stereocenters. The summed E-state index contributed by atoms with van der Waals surface area (Å²) < 4.78 is 10.8. The molecule has 0 aromatic heterocycles. The maximum atomic E-state index is 12.7.